The van der Waals surface area contributed by atoms with Crippen molar-refractivity contribution in [3.63, 3.8) is 0 Å². The number of pyridine rings is 1. The van der Waals surface area contributed by atoms with Crippen LogP contribution >= 0.6 is 0 Å². The number of ether oxygens (including phenoxy) is 2. The molecule has 0 aliphatic heterocycles. The molecule has 0 spiro atoms. The second kappa shape index (κ2) is 5.71. The highest BCUT2D eigenvalue weighted by Crippen LogP contribution is 2.28. The first-order chi connectivity index (χ1) is 9.88. The first kappa shape index (κ1) is 12.6. The summed E-state index contributed by atoms with van der Waals surface area (Å²) in [5.41, 5.74) is 2.73. The van der Waals surface area contributed by atoms with Crippen LogP contribution in [0.3, 0.4) is 0 Å². The minimum absolute atomic E-state index is 0.509. The third kappa shape index (κ3) is 2.48. The van der Waals surface area contributed by atoms with Crippen molar-refractivity contribution >= 4 is 11.0 Å². The van der Waals surface area contributed by atoms with E-state index in [0.717, 1.165) is 28.2 Å². The fraction of sp³-hybridized carbons (Fsp3) is 0.200. The Morgan fingerprint density at radius 2 is 2.05 bits per heavy atom. The molecule has 2 aromatic heterocycles. The molecule has 1 aromatic carbocycles. The van der Waals surface area contributed by atoms with Gasteiger partial charge in [0.25, 0.3) is 0 Å². The van der Waals surface area contributed by atoms with E-state index in [1.54, 1.807) is 19.5 Å². The van der Waals surface area contributed by atoms with E-state index in [1.807, 2.05) is 30.3 Å². The molecule has 1 N–H and O–H groups in total. The van der Waals surface area contributed by atoms with Crippen molar-refractivity contribution in [2.24, 2.45) is 0 Å². The SMILES string of the molecule is COCCOc1ccccc1-c1nc2ccncc2[nH]1. The fourth-order valence-electron chi connectivity index (χ4n) is 2.01. The minimum Gasteiger partial charge on any atom is -0.490 e. The van der Waals surface area contributed by atoms with Gasteiger partial charge in [-0.15, -0.1) is 0 Å². The zero-order chi connectivity index (χ0) is 13.8. The molecule has 0 fully saturated rings. The lowest BCUT2D eigenvalue weighted by molar-refractivity contribution is 0.146. The fourth-order valence-corrected chi connectivity index (χ4v) is 2.01. The number of hydrogen-bond acceptors (Lipinski definition) is 4. The van der Waals surface area contributed by atoms with Crippen molar-refractivity contribution in [3.8, 4) is 17.1 Å². The smallest absolute Gasteiger partial charge is 0.142 e. The Bertz CT molecular complexity index is 676. The maximum Gasteiger partial charge on any atom is 0.142 e. The van der Waals surface area contributed by atoms with E-state index in [9.17, 15) is 0 Å². The normalized spacial score (nSPS) is 10.8. The summed E-state index contributed by atoms with van der Waals surface area (Å²) in [7, 11) is 1.65. The van der Waals surface area contributed by atoms with Crippen molar-refractivity contribution in [1.82, 2.24) is 15.0 Å². The first-order valence-electron chi connectivity index (χ1n) is 6.39. The number of para-hydroxylation sites is 1. The first-order valence-corrected chi connectivity index (χ1v) is 6.39. The largest absolute Gasteiger partial charge is 0.490 e. The van der Waals surface area contributed by atoms with Crippen LogP contribution in [0, 0.1) is 0 Å². The average Bonchev–Trinajstić information content (AvgIpc) is 2.92. The molecule has 2 heterocycles. The predicted molar refractivity (Wildman–Crippen MR) is 76.7 cm³/mol. The number of fused-ring (bicyclic) bond motifs is 1. The summed E-state index contributed by atoms with van der Waals surface area (Å²) in [6, 6.07) is 9.69. The number of rotatable bonds is 5. The van der Waals surface area contributed by atoms with Gasteiger partial charge >= 0.3 is 0 Å². The Balaban J connectivity index is 1.96. The Kier molecular flexibility index (Phi) is 3.60. The van der Waals surface area contributed by atoms with Gasteiger partial charge in [-0.3, -0.25) is 4.98 Å². The maximum absolute atomic E-state index is 5.73. The number of hydrogen-bond donors (Lipinski definition) is 1. The van der Waals surface area contributed by atoms with Gasteiger partial charge in [-0.2, -0.15) is 0 Å². The molecule has 0 amide bonds. The van der Waals surface area contributed by atoms with Crippen LogP contribution in [0.1, 0.15) is 0 Å². The van der Waals surface area contributed by atoms with Crippen molar-refractivity contribution in [2.75, 3.05) is 20.3 Å². The van der Waals surface area contributed by atoms with Crippen molar-refractivity contribution in [2.45, 2.75) is 0 Å². The van der Waals surface area contributed by atoms with E-state index >= 15 is 0 Å². The van der Waals surface area contributed by atoms with E-state index in [4.69, 9.17) is 9.47 Å². The van der Waals surface area contributed by atoms with Crippen LogP contribution in [0.2, 0.25) is 0 Å². The molecule has 102 valence electrons. The number of nitrogens with one attached hydrogen (secondary N) is 1. The molecule has 3 rings (SSSR count). The second-order valence-electron chi connectivity index (χ2n) is 4.32. The zero-order valence-electron chi connectivity index (χ0n) is 11.2. The van der Waals surface area contributed by atoms with Crippen molar-refractivity contribution in [3.05, 3.63) is 42.7 Å². The average molecular weight is 269 g/mol. The summed E-state index contributed by atoms with van der Waals surface area (Å²) >= 11 is 0. The van der Waals surface area contributed by atoms with Crippen LogP contribution in [-0.4, -0.2) is 35.3 Å². The van der Waals surface area contributed by atoms with E-state index in [0.29, 0.717) is 13.2 Å². The summed E-state index contributed by atoms with van der Waals surface area (Å²) < 4.78 is 10.7. The van der Waals surface area contributed by atoms with Gasteiger partial charge in [0.05, 0.1) is 29.4 Å². The molecule has 20 heavy (non-hydrogen) atoms. The van der Waals surface area contributed by atoms with Crippen LogP contribution in [-0.2, 0) is 4.74 Å². The summed E-state index contributed by atoms with van der Waals surface area (Å²) in [6.45, 7) is 1.06. The molecule has 0 saturated carbocycles. The molecule has 0 aliphatic rings. The van der Waals surface area contributed by atoms with Crippen molar-refractivity contribution in [1.29, 1.82) is 0 Å². The van der Waals surface area contributed by atoms with Crippen LogP contribution in [0.15, 0.2) is 42.7 Å². The molecule has 0 saturated heterocycles. The maximum atomic E-state index is 5.73. The lowest BCUT2D eigenvalue weighted by Gasteiger charge is -2.09. The third-order valence-corrected chi connectivity index (χ3v) is 2.97. The van der Waals surface area contributed by atoms with Crippen LogP contribution in [0.5, 0.6) is 5.75 Å². The summed E-state index contributed by atoms with van der Waals surface area (Å²) in [4.78, 5) is 11.9. The van der Waals surface area contributed by atoms with Gasteiger partial charge < -0.3 is 14.5 Å². The van der Waals surface area contributed by atoms with E-state index in [2.05, 4.69) is 15.0 Å². The summed E-state index contributed by atoms with van der Waals surface area (Å²) in [5, 5.41) is 0. The highest BCUT2D eigenvalue weighted by molar-refractivity contribution is 5.79. The van der Waals surface area contributed by atoms with Gasteiger partial charge in [0.2, 0.25) is 0 Å². The molecule has 0 bridgehead atoms. The highest BCUT2D eigenvalue weighted by Gasteiger charge is 2.10. The van der Waals surface area contributed by atoms with E-state index < -0.39 is 0 Å². The molecular formula is C15H15N3O2. The van der Waals surface area contributed by atoms with Crippen LogP contribution < -0.4 is 4.74 Å². The Hall–Kier alpha value is -2.40. The standard InChI is InChI=1S/C15H15N3O2/c1-19-8-9-20-14-5-3-2-4-11(14)15-17-12-6-7-16-10-13(12)18-15/h2-7,10H,8-9H2,1H3,(H,17,18). The zero-order valence-corrected chi connectivity index (χ0v) is 11.2. The van der Waals surface area contributed by atoms with Gasteiger partial charge in [0.15, 0.2) is 0 Å². The molecule has 0 aliphatic carbocycles. The van der Waals surface area contributed by atoms with Gasteiger partial charge in [-0.05, 0) is 18.2 Å². The molecule has 5 heteroatoms. The number of methoxy groups -OCH3 is 1. The third-order valence-electron chi connectivity index (χ3n) is 2.97. The predicted octanol–water partition coefficient (Wildman–Crippen LogP) is 2.65. The van der Waals surface area contributed by atoms with Crippen LogP contribution in [0.4, 0.5) is 0 Å². The van der Waals surface area contributed by atoms with Crippen molar-refractivity contribution < 1.29 is 9.47 Å². The van der Waals surface area contributed by atoms with E-state index in [1.165, 1.54) is 0 Å². The van der Waals surface area contributed by atoms with Gasteiger partial charge in [-0.25, -0.2) is 4.98 Å². The second-order valence-corrected chi connectivity index (χ2v) is 4.32. The lowest BCUT2D eigenvalue weighted by Crippen LogP contribution is -2.05. The molecule has 5 nitrogen and oxygen atoms in total. The monoisotopic (exact) mass is 269 g/mol. The summed E-state index contributed by atoms with van der Waals surface area (Å²) in [6.07, 6.45) is 3.49. The Morgan fingerprint density at radius 3 is 2.90 bits per heavy atom. The topological polar surface area (TPSA) is 60.0 Å². The van der Waals surface area contributed by atoms with Gasteiger partial charge in [0.1, 0.15) is 18.2 Å². The summed E-state index contributed by atoms with van der Waals surface area (Å²) in [5.74, 6) is 1.57. The molecule has 0 unspecified atom stereocenters. The number of imidazole rings is 1. The number of aromatic amines is 1. The highest BCUT2D eigenvalue weighted by atomic mass is 16.5. The van der Waals surface area contributed by atoms with Gasteiger partial charge in [0, 0.05) is 13.3 Å². The van der Waals surface area contributed by atoms with Crippen LogP contribution in [0.25, 0.3) is 22.4 Å². The molecule has 0 atom stereocenters. The molecule has 3 aromatic rings. The Labute approximate surface area is 116 Å². The molecule has 0 radical (unpaired) electrons. The number of aromatic nitrogens is 3. The number of nitrogens with zero attached hydrogens (tertiary/aromatic N) is 2. The number of H-pyrrole nitrogens is 1. The number of benzene rings is 1. The molecular weight excluding hydrogens is 254 g/mol. The lowest BCUT2D eigenvalue weighted by atomic mass is 10.2. The van der Waals surface area contributed by atoms with Gasteiger partial charge in [-0.1, -0.05) is 12.1 Å². The quantitative estimate of drug-likeness (QED) is 0.723. The Morgan fingerprint density at radius 1 is 1.15 bits per heavy atom. The van der Waals surface area contributed by atoms with E-state index in [-0.39, 0.29) is 0 Å². The minimum atomic E-state index is 0.509.